The molecule has 0 heteroatoms. The summed E-state index contributed by atoms with van der Waals surface area (Å²) in [4.78, 5) is 0. The summed E-state index contributed by atoms with van der Waals surface area (Å²) in [5.41, 5.74) is 0. The summed E-state index contributed by atoms with van der Waals surface area (Å²) in [6.45, 7) is 4.51. The zero-order chi connectivity index (χ0) is 11.9. The maximum absolute atomic E-state index is 2.34. The maximum Gasteiger partial charge on any atom is -0.0169 e. The Bertz CT molecular complexity index is 165. The first-order valence-electron chi connectivity index (χ1n) is 7.21. The molecule has 0 heterocycles. The van der Waals surface area contributed by atoms with E-state index in [4.69, 9.17) is 0 Å². The summed E-state index contributed by atoms with van der Waals surface area (Å²) >= 11 is 0. The second-order valence-electron chi connectivity index (χ2n) is 4.52. The van der Waals surface area contributed by atoms with Crippen molar-refractivity contribution in [2.45, 2.75) is 78.1 Å². The van der Waals surface area contributed by atoms with E-state index in [-0.39, 0.29) is 0 Å². The van der Waals surface area contributed by atoms with Crippen LogP contribution in [0.1, 0.15) is 78.1 Å². The van der Waals surface area contributed by atoms with Gasteiger partial charge in [-0.15, -0.1) is 0 Å². The molecule has 0 N–H and O–H groups in total. The molecule has 0 saturated heterocycles. The lowest BCUT2D eigenvalue weighted by atomic mass is 10.1. The van der Waals surface area contributed by atoms with E-state index in [0.29, 0.717) is 0 Å². The number of rotatable bonds is 11. The Labute approximate surface area is 103 Å². The standard InChI is InChI=1S/C16H30/c1-3-5-7-9-11-13-15-16-14-12-10-8-6-4-2/h9,11,15-16H,3-8,10,12-14H2,1-2H3/b11-9+,16-15+. The third-order valence-electron chi connectivity index (χ3n) is 2.80. The quantitative estimate of drug-likeness (QED) is 0.295. The number of allylic oxidation sites excluding steroid dienone is 4. The van der Waals surface area contributed by atoms with Gasteiger partial charge < -0.3 is 0 Å². The molecule has 0 aromatic carbocycles. The van der Waals surface area contributed by atoms with Gasteiger partial charge in [-0.25, -0.2) is 0 Å². The number of hydrogen-bond acceptors (Lipinski definition) is 0. The molecule has 0 radical (unpaired) electrons. The van der Waals surface area contributed by atoms with Crippen LogP contribution in [-0.4, -0.2) is 0 Å². The topological polar surface area (TPSA) is 0 Å². The van der Waals surface area contributed by atoms with Crippen LogP contribution in [0, 0.1) is 0 Å². The molecule has 0 nitrogen and oxygen atoms in total. The molecule has 0 aromatic heterocycles. The lowest BCUT2D eigenvalue weighted by Crippen LogP contribution is -1.75. The fourth-order valence-corrected chi connectivity index (χ4v) is 1.69. The summed E-state index contributed by atoms with van der Waals surface area (Å²) in [6.07, 6.45) is 22.5. The summed E-state index contributed by atoms with van der Waals surface area (Å²) in [7, 11) is 0. The molecule has 0 unspecified atom stereocenters. The Balaban J connectivity index is 3.12. The van der Waals surface area contributed by atoms with E-state index >= 15 is 0 Å². The molecule has 0 spiro atoms. The Morgan fingerprint density at radius 1 is 0.562 bits per heavy atom. The zero-order valence-electron chi connectivity index (χ0n) is 11.4. The Hall–Kier alpha value is -0.520. The van der Waals surface area contributed by atoms with Gasteiger partial charge in [-0.2, -0.15) is 0 Å². The van der Waals surface area contributed by atoms with Crippen molar-refractivity contribution in [1.82, 2.24) is 0 Å². The zero-order valence-corrected chi connectivity index (χ0v) is 11.4. The fraction of sp³-hybridized carbons (Fsp3) is 0.750. The molecule has 94 valence electrons. The van der Waals surface area contributed by atoms with Crippen molar-refractivity contribution in [2.24, 2.45) is 0 Å². The minimum atomic E-state index is 1.12. The van der Waals surface area contributed by atoms with Gasteiger partial charge in [0.2, 0.25) is 0 Å². The van der Waals surface area contributed by atoms with Crippen LogP contribution in [0.3, 0.4) is 0 Å². The van der Waals surface area contributed by atoms with Crippen LogP contribution in [-0.2, 0) is 0 Å². The first-order chi connectivity index (χ1) is 7.91. The molecular weight excluding hydrogens is 192 g/mol. The molecule has 0 saturated carbocycles. The van der Waals surface area contributed by atoms with Gasteiger partial charge in [-0.1, -0.05) is 76.7 Å². The van der Waals surface area contributed by atoms with Crippen molar-refractivity contribution in [3.63, 3.8) is 0 Å². The fourth-order valence-electron chi connectivity index (χ4n) is 1.69. The van der Waals surface area contributed by atoms with Crippen LogP contribution in [0.25, 0.3) is 0 Å². The molecule has 0 amide bonds. The molecule has 0 aliphatic heterocycles. The average molecular weight is 222 g/mol. The first-order valence-corrected chi connectivity index (χ1v) is 7.21. The van der Waals surface area contributed by atoms with Gasteiger partial charge in [0.05, 0.1) is 0 Å². The van der Waals surface area contributed by atoms with E-state index in [1.54, 1.807) is 0 Å². The predicted octanol–water partition coefficient (Wildman–Crippen LogP) is 6.04. The van der Waals surface area contributed by atoms with Crippen molar-refractivity contribution >= 4 is 0 Å². The average Bonchev–Trinajstić information content (AvgIpc) is 2.31. The largest absolute Gasteiger partial charge is 0.0882 e. The maximum atomic E-state index is 2.34. The van der Waals surface area contributed by atoms with Crippen LogP contribution in [0.4, 0.5) is 0 Å². The Morgan fingerprint density at radius 2 is 1.12 bits per heavy atom. The highest BCUT2D eigenvalue weighted by Gasteiger charge is 1.85. The molecule has 0 fully saturated rings. The SMILES string of the molecule is CCCC/C=C/C/C=C/CCCCCCC. The first kappa shape index (κ1) is 15.5. The molecule has 16 heavy (non-hydrogen) atoms. The van der Waals surface area contributed by atoms with Crippen molar-refractivity contribution in [3.05, 3.63) is 24.3 Å². The summed E-state index contributed by atoms with van der Waals surface area (Å²) < 4.78 is 0. The highest BCUT2D eigenvalue weighted by atomic mass is 13.9. The van der Waals surface area contributed by atoms with Gasteiger partial charge in [0.1, 0.15) is 0 Å². The lowest BCUT2D eigenvalue weighted by Gasteiger charge is -1.95. The molecule has 0 atom stereocenters. The second kappa shape index (κ2) is 14.5. The summed E-state index contributed by atoms with van der Waals surface area (Å²) in [5, 5.41) is 0. The van der Waals surface area contributed by atoms with Gasteiger partial charge in [-0.05, 0) is 25.7 Å². The van der Waals surface area contributed by atoms with E-state index in [0.717, 1.165) is 6.42 Å². The minimum Gasteiger partial charge on any atom is -0.0882 e. The monoisotopic (exact) mass is 222 g/mol. The van der Waals surface area contributed by atoms with E-state index in [1.165, 1.54) is 57.8 Å². The third-order valence-corrected chi connectivity index (χ3v) is 2.80. The van der Waals surface area contributed by atoms with E-state index in [1.807, 2.05) is 0 Å². The molecule has 0 aliphatic rings. The Kier molecular flexibility index (Phi) is 14.0. The van der Waals surface area contributed by atoms with E-state index in [2.05, 4.69) is 38.2 Å². The normalized spacial score (nSPS) is 11.9. The van der Waals surface area contributed by atoms with E-state index in [9.17, 15) is 0 Å². The van der Waals surface area contributed by atoms with Crippen molar-refractivity contribution in [2.75, 3.05) is 0 Å². The van der Waals surface area contributed by atoms with Crippen molar-refractivity contribution < 1.29 is 0 Å². The minimum absolute atomic E-state index is 1.12. The number of hydrogen-bond donors (Lipinski definition) is 0. The summed E-state index contributed by atoms with van der Waals surface area (Å²) in [6, 6.07) is 0. The smallest absolute Gasteiger partial charge is 0.0169 e. The highest BCUT2D eigenvalue weighted by Crippen LogP contribution is 2.05. The van der Waals surface area contributed by atoms with E-state index < -0.39 is 0 Å². The Morgan fingerprint density at radius 3 is 1.75 bits per heavy atom. The second-order valence-corrected chi connectivity index (χ2v) is 4.52. The van der Waals surface area contributed by atoms with Crippen LogP contribution in [0.15, 0.2) is 24.3 Å². The van der Waals surface area contributed by atoms with Crippen LogP contribution in [0.5, 0.6) is 0 Å². The molecule has 0 aliphatic carbocycles. The summed E-state index contributed by atoms with van der Waals surface area (Å²) in [5.74, 6) is 0. The van der Waals surface area contributed by atoms with Crippen molar-refractivity contribution in [1.29, 1.82) is 0 Å². The molecular formula is C16H30. The molecule has 0 aromatic rings. The van der Waals surface area contributed by atoms with Crippen LogP contribution < -0.4 is 0 Å². The van der Waals surface area contributed by atoms with Gasteiger partial charge in [0, 0.05) is 0 Å². The lowest BCUT2D eigenvalue weighted by molar-refractivity contribution is 0.637. The van der Waals surface area contributed by atoms with Gasteiger partial charge in [0.25, 0.3) is 0 Å². The molecule has 0 bridgehead atoms. The van der Waals surface area contributed by atoms with Crippen LogP contribution in [0.2, 0.25) is 0 Å². The van der Waals surface area contributed by atoms with Gasteiger partial charge in [0.15, 0.2) is 0 Å². The number of unbranched alkanes of at least 4 members (excludes halogenated alkanes) is 7. The highest BCUT2D eigenvalue weighted by molar-refractivity contribution is 4.92. The van der Waals surface area contributed by atoms with Gasteiger partial charge in [-0.3, -0.25) is 0 Å². The third kappa shape index (κ3) is 13.5. The van der Waals surface area contributed by atoms with Gasteiger partial charge >= 0.3 is 0 Å². The molecule has 0 rings (SSSR count). The predicted molar refractivity (Wildman–Crippen MR) is 75.8 cm³/mol. The van der Waals surface area contributed by atoms with Crippen LogP contribution >= 0.6 is 0 Å². The van der Waals surface area contributed by atoms with Crippen molar-refractivity contribution in [3.8, 4) is 0 Å².